The number of cyclic esters (lactones) is 1. The minimum absolute atomic E-state index is 0.254. The van der Waals surface area contributed by atoms with Crippen LogP contribution in [0.1, 0.15) is 23.7 Å². The zero-order chi connectivity index (χ0) is 14.0. The van der Waals surface area contributed by atoms with Crippen LogP contribution in [0, 0.1) is 0 Å². The summed E-state index contributed by atoms with van der Waals surface area (Å²) in [5.41, 5.74) is 0.254. The van der Waals surface area contributed by atoms with Crippen LogP contribution in [0.4, 0.5) is 4.39 Å². The van der Waals surface area contributed by atoms with Gasteiger partial charge in [-0.25, -0.2) is 14.0 Å². The number of halogens is 2. The van der Waals surface area contributed by atoms with Crippen LogP contribution in [0.25, 0.3) is 0 Å². The Morgan fingerprint density at radius 2 is 2.11 bits per heavy atom. The molecule has 1 aromatic rings. The lowest BCUT2D eigenvalue weighted by Gasteiger charge is -2.20. The van der Waals surface area contributed by atoms with Gasteiger partial charge in [0.05, 0.1) is 5.56 Å². The second-order valence-corrected chi connectivity index (χ2v) is 4.72. The Morgan fingerprint density at radius 3 is 2.68 bits per heavy atom. The van der Waals surface area contributed by atoms with Gasteiger partial charge < -0.3 is 9.47 Å². The van der Waals surface area contributed by atoms with Gasteiger partial charge in [-0.2, -0.15) is 0 Å². The predicted molar refractivity (Wildman–Crippen MR) is 65.5 cm³/mol. The summed E-state index contributed by atoms with van der Waals surface area (Å²) < 4.78 is 23.7. The van der Waals surface area contributed by atoms with Gasteiger partial charge in [-0.1, -0.05) is 36.7 Å². The molecular weight excluding hydrogens is 275 g/mol. The monoisotopic (exact) mass is 286 g/mol. The highest BCUT2D eigenvalue weighted by Crippen LogP contribution is 2.37. The van der Waals surface area contributed by atoms with E-state index in [4.69, 9.17) is 21.1 Å². The molecule has 102 valence electrons. The van der Waals surface area contributed by atoms with Gasteiger partial charge in [-0.3, -0.25) is 0 Å². The average Bonchev–Trinajstić information content (AvgIpc) is 2.63. The SMILES string of the molecule is CC[C@H]1OC(=O)[C@@](F)(Cl)C1OC(=O)c1ccccc1. The summed E-state index contributed by atoms with van der Waals surface area (Å²) in [5.74, 6) is -1.96. The van der Waals surface area contributed by atoms with Crippen molar-refractivity contribution in [3.05, 3.63) is 35.9 Å². The molecule has 1 aliphatic rings. The average molecular weight is 287 g/mol. The molecule has 0 aromatic heterocycles. The molecule has 1 aliphatic heterocycles. The topological polar surface area (TPSA) is 52.6 Å². The number of ether oxygens (including phenoxy) is 2. The maximum Gasteiger partial charge on any atom is 0.364 e. The minimum atomic E-state index is -2.83. The van der Waals surface area contributed by atoms with E-state index in [9.17, 15) is 14.0 Å². The standard InChI is InChI=1S/C13H12ClFO4/c1-2-9-10(13(14,15)12(17)18-9)19-11(16)8-6-4-3-5-7-8/h3-7,9-10H,2H2,1H3/t9-,10?,13-/m1/s1. The summed E-state index contributed by atoms with van der Waals surface area (Å²) in [4.78, 5) is 23.1. The first-order valence-electron chi connectivity index (χ1n) is 5.81. The predicted octanol–water partition coefficient (Wildman–Crippen LogP) is 2.45. The van der Waals surface area contributed by atoms with Gasteiger partial charge in [0.1, 0.15) is 6.10 Å². The fraction of sp³-hybridized carbons (Fsp3) is 0.385. The lowest BCUT2D eigenvalue weighted by molar-refractivity contribution is -0.146. The summed E-state index contributed by atoms with van der Waals surface area (Å²) in [7, 11) is 0. The zero-order valence-electron chi connectivity index (χ0n) is 10.1. The second kappa shape index (κ2) is 5.17. The molecule has 0 bridgehead atoms. The van der Waals surface area contributed by atoms with Crippen molar-refractivity contribution < 1.29 is 23.5 Å². The molecule has 0 aliphatic carbocycles. The van der Waals surface area contributed by atoms with Crippen LogP contribution in [0.2, 0.25) is 0 Å². The first kappa shape index (κ1) is 13.8. The molecule has 1 aromatic carbocycles. The van der Waals surface area contributed by atoms with Gasteiger partial charge in [0.2, 0.25) is 0 Å². The number of hydrogen-bond acceptors (Lipinski definition) is 4. The van der Waals surface area contributed by atoms with Gasteiger partial charge >= 0.3 is 17.1 Å². The highest BCUT2D eigenvalue weighted by molar-refractivity contribution is 6.34. The third kappa shape index (κ3) is 2.56. The van der Waals surface area contributed by atoms with Gasteiger partial charge in [-0.15, -0.1) is 0 Å². The number of carbonyl (C=O) groups is 2. The third-order valence-electron chi connectivity index (χ3n) is 2.87. The molecule has 0 radical (unpaired) electrons. The van der Waals surface area contributed by atoms with Crippen LogP contribution in [-0.2, 0) is 14.3 Å². The maximum absolute atomic E-state index is 14.0. The molecule has 1 unspecified atom stereocenters. The molecule has 0 N–H and O–H groups in total. The largest absolute Gasteiger partial charge is 0.455 e. The van der Waals surface area contributed by atoms with Gasteiger partial charge in [0, 0.05) is 0 Å². The van der Waals surface area contributed by atoms with Crippen LogP contribution in [0.15, 0.2) is 30.3 Å². The second-order valence-electron chi connectivity index (χ2n) is 4.17. The molecule has 0 saturated carbocycles. The van der Waals surface area contributed by atoms with Crippen molar-refractivity contribution in [1.82, 2.24) is 0 Å². The quantitative estimate of drug-likeness (QED) is 0.633. The van der Waals surface area contributed by atoms with E-state index in [0.717, 1.165) is 0 Å². The van der Waals surface area contributed by atoms with Crippen LogP contribution in [0.3, 0.4) is 0 Å². The highest BCUT2D eigenvalue weighted by atomic mass is 35.5. The van der Waals surface area contributed by atoms with Crippen LogP contribution >= 0.6 is 11.6 Å². The van der Waals surface area contributed by atoms with E-state index in [1.165, 1.54) is 12.1 Å². The van der Waals surface area contributed by atoms with E-state index < -0.39 is 29.3 Å². The minimum Gasteiger partial charge on any atom is -0.455 e. The summed E-state index contributed by atoms with van der Waals surface area (Å²) >= 11 is 5.47. The van der Waals surface area contributed by atoms with Crippen molar-refractivity contribution in [2.24, 2.45) is 0 Å². The van der Waals surface area contributed by atoms with E-state index in [1.807, 2.05) is 0 Å². The molecule has 19 heavy (non-hydrogen) atoms. The molecule has 4 nitrogen and oxygen atoms in total. The molecule has 2 rings (SSSR count). The van der Waals surface area contributed by atoms with E-state index in [2.05, 4.69) is 0 Å². The normalized spacial score (nSPS) is 29.9. The van der Waals surface area contributed by atoms with Gasteiger partial charge in [0.25, 0.3) is 0 Å². The van der Waals surface area contributed by atoms with E-state index in [0.29, 0.717) is 6.42 Å². The Morgan fingerprint density at radius 1 is 1.47 bits per heavy atom. The first-order valence-corrected chi connectivity index (χ1v) is 6.19. The van der Waals surface area contributed by atoms with Crippen molar-refractivity contribution in [3.8, 4) is 0 Å². The first-order chi connectivity index (χ1) is 8.96. The lowest BCUT2D eigenvalue weighted by Crippen LogP contribution is -2.40. The molecular formula is C13H12ClFO4. The van der Waals surface area contributed by atoms with E-state index in [1.54, 1.807) is 25.1 Å². The molecule has 6 heteroatoms. The molecule has 0 amide bonds. The highest BCUT2D eigenvalue weighted by Gasteiger charge is 2.59. The Balaban J connectivity index is 2.17. The Kier molecular flexibility index (Phi) is 3.75. The number of carbonyl (C=O) groups excluding carboxylic acids is 2. The van der Waals surface area contributed by atoms with Crippen LogP contribution < -0.4 is 0 Å². The summed E-state index contributed by atoms with van der Waals surface area (Å²) in [5, 5.41) is -2.83. The molecule has 1 heterocycles. The Bertz CT molecular complexity index is 489. The van der Waals surface area contributed by atoms with Crippen molar-refractivity contribution in [2.75, 3.05) is 0 Å². The number of hydrogen-bond donors (Lipinski definition) is 0. The number of benzene rings is 1. The van der Waals surface area contributed by atoms with Gasteiger partial charge in [0.15, 0.2) is 6.10 Å². The fourth-order valence-corrected chi connectivity index (χ4v) is 2.06. The number of alkyl halides is 2. The van der Waals surface area contributed by atoms with Crippen molar-refractivity contribution in [3.63, 3.8) is 0 Å². The van der Waals surface area contributed by atoms with Crippen LogP contribution in [-0.4, -0.2) is 29.3 Å². The summed E-state index contributed by atoms with van der Waals surface area (Å²) in [6, 6.07) is 8.07. The third-order valence-corrected chi connectivity index (χ3v) is 3.24. The smallest absolute Gasteiger partial charge is 0.364 e. The summed E-state index contributed by atoms with van der Waals surface area (Å²) in [6.45, 7) is 1.68. The number of esters is 2. The van der Waals surface area contributed by atoms with Crippen molar-refractivity contribution in [1.29, 1.82) is 0 Å². The van der Waals surface area contributed by atoms with Crippen molar-refractivity contribution in [2.45, 2.75) is 30.7 Å². The molecule has 0 spiro atoms. The molecule has 1 saturated heterocycles. The number of rotatable bonds is 3. The zero-order valence-corrected chi connectivity index (χ0v) is 10.9. The maximum atomic E-state index is 14.0. The van der Waals surface area contributed by atoms with Crippen LogP contribution in [0.5, 0.6) is 0 Å². The Hall–Kier alpha value is -1.62. The Labute approximate surface area is 114 Å². The van der Waals surface area contributed by atoms with E-state index in [-0.39, 0.29) is 5.56 Å². The van der Waals surface area contributed by atoms with Gasteiger partial charge in [-0.05, 0) is 18.6 Å². The lowest BCUT2D eigenvalue weighted by atomic mass is 10.1. The molecule has 1 fully saturated rings. The van der Waals surface area contributed by atoms with E-state index >= 15 is 0 Å². The molecule has 3 atom stereocenters. The van der Waals surface area contributed by atoms with Crippen molar-refractivity contribution >= 4 is 23.5 Å². The summed E-state index contributed by atoms with van der Waals surface area (Å²) in [6.07, 6.45) is -2.02. The fourth-order valence-electron chi connectivity index (χ4n) is 1.83.